The van der Waals surface area contributed by atoms with Crippen LogP contribution >= 0.6 is 22.9 Å². The Kier molecular flexibility index (Phi) is 6.56. The number of alkyl halides is 1. The van der Waals surface area contributed by atoms with Crippen molar-refractivity contribution in [3.63, 3.8) is 0 Å². The minimum atomic E-state index is -0.355. The van der Waals surface area contributed by atoms with E-state index >= 15 is 0 Å². The highest BCUT2D eigenvalue weighted by atomic mass is 35.5. The lowest BCUT2D eigenvalue weighted by atomic mass is 9.80. The second-order valence-electron chi connectivity index (χ2n) is 8.77. The summed E-state index contributed by atoms with van der Waals surface area (Å²) in [7, 11) is 0. The molecule has 2 aliphatic heterocycles. The van der Waals surface area contributed by atoms with Crippen molar-refractivity contribution >= 4 is 40.4 Å². The van der Waals surface area contributed by atoms with E-state index in [1.54, 1.807) is 18.3 Å². The monoisotopic (exact) mass is 488 g/mol. The van der Waals surface area contributed by atoms with Gasteiger partial charge in [0.15, 0.2) is 11.6 Å². The van der Waals surface area contributed by atoms with Gasteiger partial charge < -0.3 is 10.1 Å². The summed E-state index contributed by atoms with van der Waals surface area (Å²) in [5.74, 6) is -0.454. The number of aromatic nitrogens is 2. The van der Waals surface area contributed by atoms with Gasteiger partial charge in [-0.15, -0.1) is 22.9 Å². The molecule has 1 N–H and O–H groups in total. The summed E-state index contributed by atoms with van der Waals surface area (Å²) in [6.07, 6.45) is 6.40. The van der Waals surface area contributed by atoms with Crippen LogP contribution in [0.3, 0.4) is 0 Å². The summed E-state index contributed by atoms with van der Waals surface area (Å²) in [5, 5.41) is 2.54. The van der Waals surface area contributed by atoms with Crippen LogP contribution in [-0.2, 0) is 14.3 Å². The molecule has 0 bridgehead atoms. The van der Waals surface area contributed by atoms with Crippen LogP contribution in [0.4, 0.5) is 0 Å². The van der Waals surface area contributed by atoms with E-state index in [0.717, 1.165) is 36.3 Å². The summed E-state index contributed by atoms with van der Waals surface area (Å²) >= 11 is 7.79. The molecule has 174 valence electrons. The average molecular weight is 489 g/mol. The zero-order valence-electron chi connectivity index (χ0n) is 18.0. The number of amides is 1. The standard InChI is InChI=1S/C23H25ClN4O4S/c24-14-10-28(21-18(30)11-32-22(14)21)16-4-2-1-3-13(16)17(29)9-26-23(31)20-6-5-19(33-20)15-7-8-25-12-27-15/h5-8,12-14,16,21-22H,1-4,9-11H2,(H,26,31)/t13-,14-,16?,21+,22+/m0/s1. The van der Waals surface area contributed by atoms with Gasteiger partial charge in [-0.3, -0.25) is 19.3 Å². The van der Waals surface area contributed by atoms with Gasteiger partial charge in [0.1, 0.15) is 12.9 Å². The lowest BCUT2D eigenvalue weighted by Gasteiger charge is -2.39. The quantitative estimate of drug-likeness (QED) is 0.622. The van der Waals surface area contributed by atoms with E-state index in [9.17, 15) is 14.4 Å². The summed E-state index contributed by atoms with van der Waals surface area (Å²) in [5.41, 5.74) is 0.752. The van der Waals surface area contributed by atoms with E-state index in [-0.39, 0.29) is 60.1 Å². The second kappa shape index (κ2) is 9.58. The zero-order valence-corrected chi connectivity index (χ0v) is 19.6. The summed E-state index contributed by atoms with van der Waals surface area (Å²) in [6, 6.07) is 4.97. The van der Waals surface area contributed by atoms with Gasteiger partial charge in [0.05, 0.1) is 39.5 Å². The van der Waals surface area contributed by atoms with Crippen molar-refractivity contribution in [3.8, 4) is 10.6 Å². The molecule has 3 aliphatic rings. The summed E-state index contributed by atoms with van der Waals surface area (Å²) in [6.45, 7) is 0.607. The van der Waals surface area contributed by atoms with Gasteiger partial charge >= 0.3 is 0 Å². The average Bonchev–Trinajstić information content (AvgIpc) is 3.56. The third-order valence-corrected chi connectivity index (χ3v) is 8.31. The molecule has 0 aromatic carbocycles. The Hall–Kier alpha value is -2.20. The number of ketones is 2. The van der Waals surface area contributed by atoms with Gasteiger partial charge in [0.25, 0.3) is 5.91 Å². The van der Waals surface area contributed by atoms with Crippen molar-refractivity contribution in [2.24, 2.45) is 5.92 Å². The Bertz CT molecular complexity index is 1050. The number of nitrogens with zero attached hydrogens (tertiary/aromatic N) is 3. The van der Waals surface area contributed by atoms with Crippen molar-refractivity contribution in [2.75, 3.05) is 19.7 Å². The molecule has 10 heteroatoms. The third kappa shape index (κ3) is 4.47. The molecule has 2 saturated heterocycles. The molecule has 2 aromatic rings. The highest BCUT2D eigenvalue weighted by Gasteiger charge is 2.53. The number of carbonyl (C=O) groups is 3. The molecule has 4 heterocycles. The molecule has 8 nitrogen and oxygen atoms in total. The van der Waals surface area contributed by atoms with E-state index in [2.05, 4.69) is 20.2 Å². The van der Waals surface area contributed by atoms with Crippen molar-refractivity contribution in [3.05, 3.63) is 35.6 Å². The van der Waals surface area contributed by atoms with Gasteiger partial charge in [-0.1, -0.05) is 12.8 Å². The molecule has 0 spiro atoms. The number of hydrogen-bond acceptors (Lipinski definition) is 8. The SMILES string of the molecule is O=C(NCC(=O)[C@H]1CCCCC1N1C[C@H](Cl)[C@H]2OCC(=O)[C@H]21)c1ccc(-c2ccncn2)s1. The largest absolute Gasteiger partial charge is 0.367 e. The minimum absolute atomic E-state index is 0.00145. The van der Waals surface area contributed by atoms with Crippen LogP contribution in [0.25, 0.3) is 10.6 Å². The fraction of sp³-hybridized carbons (Fsp3) is 0.522. The topological polar surface area (TPSA) is 101 Å². The molecule has 3 fully saturated rings. The minimum Gasteiger partial charge on any atom is -0.367 e. The number of thiophene rings is 1. The number of halogens is 1. The normalized spacial score (nSPS) is 29.7. The lowest BCUT2D eigenvalue weighted by molar-refractivity contribution is -0.128. The van der Waals surface area contributed by atoms with Crippen LogP contribution in [0.5, 0.6) is 0 Å². The maximum Gasteiger partial charge on any atom is 0.261 e. The van der Waals surface area contributed by atoms with Crippen LogP contribution in [0.2, 0.25) is 0 Å². The van der Waals surface area contributed by atoms with E-state index in [1.807, 2.05) is 6.07 Å². The smallest absolute Gasteiger partial charge is 0.261 e. The van der Waals surface area contributed by atoms with Gasteiger partial charge in [-0.25, -0.2) is 9.97 Å². The first-order valence-electron chi connectivity index (χ1n) is 11.2. The Morgan fingerprint density at radius 1 is 1.24 bits per heavy atom. The predicted octanol–water partition coefficient (Wildman–Crippen LogP) is 2.32. The van der Waals surface area contributed by atoms with E-state index < -0.39 is 0 Å². The first-order valence-corrected chi connectivity index (χ1v) is 12.5. The number of ether oxygens (including phenoxy) is 1. The summed E-state index contributed by atoms with van der Waals surface area (Å²) < 4.78 is 5.61. The maximum absolute atomic E-state index is 13.2. The van der Waals surface area contributed by atoms with Crippen LogP contribution < -0.4 is 5.32 Å². The number of Topliss-reactive ketones (excluding diaryl/α,β-unsaturated/α-hetero) is 2. The Labute approximate surface area is 200 Å². The molecule has 1 saturated carbocycles. The van der Waals surface area contributed by atoms with E-state index in [0.29, 0.717) is 11.4 Å². The molecule has 2 aromatic heterocycles. The number of carbonyl (C=O) groups excluding carboxylic acids is 3. The molecular formula is C23H25ClN4O4S. The highest BCUT2D eigenvalue weighted by Crippen LogP contribution is 2.38. The van der Waals surface area contributed by atoms with Gasteiger partial charge in [-0.05, 0) is 31.0 Å². The van der Waals surface area contributed by atoms with E-state index in [1.165, 1.54) is 17.7 Å². The Morgan fingerprint density at radius 3 is 2.91 bits per heavy atom. The molecule has 0 radical (unpaired) electrons. The number of likely N-dealkylation sites (tertiary alicyclic amines) is 1. The van der Waals surface area contributed by atoms with Crippen LogP contribution in [0, 0.1) is 5.92 Å². The van der Waals surface area contributed by atoms with Gasteiger partial charge in [-0.2, -0.15) is 0 Å². The molecule has 1 aliphatic carbocycles. The molecule has 1 unspecified atom stereocenters. The maximum atomic E-state index is 13.2. The highest BCUT2D eigenvalue weighted by molar-refractivity contribution is 7.17. The zero-order chi connectivity index (χ0) is 22.9. The Balaban J connectivity index is 1.23. The molecule has 33 heavy (non-hydrogen) atoms. The third-order valence-electron chi connectivity index (χ3n) is 6.81. The molecule has 1 amide bonds. The Morgan fingerprint density at radius 2 is 2.09 bits per heavy atom. The number of fused-ring (bicyclic) bond motifs is 1. The lowest BCUT2D eigenvalue weighted by Crippen LogP contribution is -2.52. The first-order chi connectivity index (χ1) is 16.0. The molecule has 5 atom stereocenters. The fourth-order valence-electron chi connectivity index (χ4n) is 5.28. The molecule has 5 rings (SSSR count). The van der Waals surface area contributed by atoms with Crippen molar-refractivity contribution in [2.45, 2.75) is 49.2 Å². The predicted molar refractivity (Wildman–Crippen MR) is 123 cm³/mol. The first kappa shape index (κ1) is 22.6. The number of rotatable bonds is 6. The van der Waals surface area contributed by atoms with E-state index in [4.69, 9.17) is 16.3 Å². The van der Waals surface area contributed by atoms with Crippen LogP contribution in [0.1, 0.15) is 35.4 Å². The van der Waals surface area contributed by atoms with Gasteiger partial charge in [0, 0.05) is 24.7 Å². The number of nitrogens with one attached hydrogen (secondary N) is 1. The van der Waals surface area contributed by atoms with Crippen LogP contribution in [0.15, 0.2) is 30.7 Å². The summed E-state index contributed by atoms with van der Waals surface area (Å²) in [4.78, 5) is 49.9. The van der Waals surface area contributed by atoms with Crippen molar-refractivity contribution in [1.82, 2.24) is 20.2 Å². The molecular weight excluding hydrogens is 464 g/mol. The van der Waals surface area contributed by atoms with Crippen molar-refractivity contribution < 1.29 is 19.1 Å². The van der Waals surface area contributed by atoms with Gasteiger partial charge in [0.2, 0.25) is 0 Å². The number of hydrogen-bond donors (Lipinski definition) is 1. The van der Waals surface area contributed by atoms with Crippen LogP contribution in [-0.4, -0.2) is 75.6 Å². The fourth-order valence-corrected chi connectivity index (χ4v) is 6.55. The second-order valence-corrected chi connectivity index (χ2v) is 10.4. The van der Waals surface area contributed by atoms with Crippen molar-refractivity contribution in [1.29, 1.82) is 0 Å².